The summed E-state index contributed by atoms with van der Waals surface area (Å²) in [7, 11) is 0. The zero-order valence-electron chi connectivity index (χ0n) is 11.1. The molecule has 0 aliphatic rings. The van der Waals surface area contributed by atoms with Gasteiger partial charge in [0.2, 0.25) is 5.91 Å². The highest BCUT2D eigenvalue weighted by Crippen LogP contribution is 2.10. The van der Waals surface area contributed by atoms with E-state index in [-0.39, 0.29) is 25.5 Å². The Balaban J connectivity index is 2.01. The van der Waals surface area contributed by atoms with E-state index in [4.69, 9.17) is 10.2 Å². The van der Waals surface area contributed by atoms with Crippen LogP contribution in [0.15, 0.2) is 24.3 Å². The quantitative estimate of drug-likeness (QED) is 0.725. The van der Waals surface area contributed by atoms with Crippen LogP contribution in [0.3, 0.4) is 0 Å². The number of carbonyl (C=O) groups excluding carboxylic acids is 1. The van der Waals surface area contributed by atoms with Crippen molar-refractivity contribution in [1.82, 2.24) is 19.9 Å². The number of para-hydroxylation sites is 1. The summed E-state index contributed by atoms with van der Waals surface area (Å²) >= 11 is 0. The third-order valence-corrected chi connectivity index (χ3v) is 3.06. The van der Waals surface area contributed by atoms with Crippen molar-refractivity contribution < 1.29 is 15.0 Å². The molecule has 2 aromatic rings. The van der Waals surface area contributed by atoms with Crippen LogP contribution in [0, 0.1) is 0 Å². The lowest BCUT2D eigenvalue weighted by molar-refractivity contribution is 0.0855. The lowest BCUT2D eigenvalue weighted by Gasteiger charge is -2.19. The molecule has 0 bridgehead atoms. The summed E-state index contributed by atoms with van der Waals surface area (Å²) in [6, 6.07) is 7.28. The average Bonchev–Trinajstić information content (AvgIpc) is 2.89. The monoisotopic (exact) mass is 278 g/mol. The summed E-state index contributed by atoms with van der Waals surface area (Å²) in [5, 5.41) is 25.6. The first-order valence-corrected chi connectivity index (χ1v) is 6.54. The van der Waals surface area contributed by atoms with Gasteiger partial charge in [0, 0.05) is 26.1 Å². The molecule has 0 fully saturated rings. The van der Waals surface area contributed by atoms with Gasteiger partial charge < -0.3 is 10.2 Å². The highest BCUT2D eigenvalue weighted by atomic mass is 16.3. The fraction of sp³-hybridized carbons (Fsp3) is 0.462. The minimum absolute atomic E-state index is 0.000443. The van der Waals surface area contributed by atoms with E-state index in [1.807, 2.05) is 17.0 Å². The first kappa shape index (κ1) is 14.6. The van der Waals surface area contributed by atoms with Crippen LogP contribution in [0.1, 0.15) is 11.2 Å². The van der Waals surface area contributed by atoms with Crippen LogP contribution in [-0.4, -0.2) is 68.9 Å². The molecule has 0 aliphatic heterocycles. The molecule has 0 saturated heterocycles. The molecule has 1 aromatic heterocycles. The van der Waals surface area contributed by atoms with Crippen molar-refractivity contribution in [3.05, 3.63) is 24.3 Å². The molecule has 2 rings (SSSR count). The predicted molar refractivity (Wildman–Crippen MR) is 73.4 cm³/mol. The van der Waals surface area contributed by atoms with Gasteiger partial charge in [0.15, 0.2) is 0 Å². The van der Waals surface area contributed by atoms with E-state index in [1.165, 1.54) is 4.68 Å². The van der Waals surface area contributed by atoms with E-state index in [0.29, 0.717) is 30.7 Å². The van der Waals surface area contributed by atoms with E-state index in [1.54, 1.807) is 12.1 Å². The van der Waals surface area contributed by atoms with Gasteiger partial charge in [-0.25, -0.2) is 0 Å². The fourth-order valence-electron chi connectivity index (χ4n) is 2.03. The molecule has 0 saturated carbocycles. The molecule has 7 heteroatoms. The minimum Gasteiger partial charge on any atom is -0.395 e. The Morgan fingerprint density at radius 3 is 2.55 bits per heavy atom. The van der Waals surface area contributed by atoms with Gasteiger partial charge in [-0.05, 0) is 12.1 Å². The van der Waals surface area contributed by atoms with Gasteiger partial charge in [-0.2, -0.15) is 4.68 Å². The van der Waals surface area contributed by atoms with E-state index in [0.717, 1.165) is 0 Å². The molecule has 1 heterocycles. The summed E-state index contributed by atoms with van der Waals surface area (Å²) in [5.41, 5.74) is 1.37. The summed E-state index contributed by atoms with van der Waals surface area (Å²) < 4.78 is 1.30. The lowest BCUT2D eigenvalue weighted by atomic mass is 10.3. The SMILES string of the molecule is O=C(CCN(CCO)CCO)n1nnc2ccccc21. The van der Waals surface area contributed by atoms with E-state index in [2.05, 4.69) is 10.3 Å². The van der Waals surface area contributed by atoms with Gasteiger partial charge in [-0.1, -0.05) is 17.3 Å². The molecule has 0 unspecified atom stereocenters. The summed E-state index contributed by atoms with van der Waals surface area (Å²) in [6.45, 7) is 1.34. The Hall–Kier alpha value is -1.83. The number of carbonyl (C=O) groups is 1. The first-order valence-electron chi connectivity index (χ1n) is 6.54. The second kappa shape index (κ2) is 7.09. The highest BCUT2D eigenvalue weighted by Gasteiger charge is 2.13. The van der Waals surface area contributed by atoms with Crippen molar-refractivity contribution >= 4 is 16.9 Å². The molecular weight excluding hydrogens is 260 g/mol. The fourth-order valence-corrected chi connectivity index (χ4v) is 2.03. The van der Waals surface area contributed by atoms with Crippen molar-refractivity contribution in [2.24, 2.45) is 0 Å². The Kier molecular flexibility index (Phi) is 5.16. The Morgan fingerprint density at radius 2 is 1.85 bits per heavy atom. The van der Waals surface area contributed by atoms with E-state index in [9.17, 15) is 4.79 Å². The average molecular weight is 278 g/mol. The van der Waals surface area contributed by atoms with Crippen molar-refractivity contribution in [3.8, 4) is 0 Å². The standard InChI is InChI=1S/C13H18N4O3/c18-9-7-16(8-10-19)6-5-13(20)17-12-4-2-1-3-11(12)14-15-17/h1-4,18-19H,5-10H2. The van der Waals surface area contributed by atoms with E-state index < -0.39 is 0 Å². The number of hydrogen-bond donors (Lipinski definition) is 2. The number of aromatic nitrogens is 3. The van der Waals surface area contributed by atoms with Crippen LogP contribution < -0.4 is 0 Å². The van der Waals surface area contributed by atoms with Crippen molar-refractivity contribution in [1.29, 1.82) is 0 Å². The van der Waals surface area contributed by atoms with Gasteiger partial charge in [-0.3, -0.25) is 9.69 Å². The summed E-state index contributed by atoms with van der Waals surface area (Å²) in [4.78, 5) is 14.0. The smallest absolute Gasteiger partial charge is 0.250 e. The number of nitrogens with zero attached hydrogens (tertiary/aromatic N) is 4. The zero-order chi connectivity index (χ0) is 14.4. The molecule has 7 nitrogen and oxygen atoms in total. The van der Waals surface area contributed by atoms with Crippen molar-refractivity contribution in [2.45, 2.75) is 6.42 Å². The largest absolute Gasteiger partial charge is 0.395 e. The molecule has 0 aliphatic carbocycles. The summed E-state index contributed by atoms with van der Waals surface area (Å²) in [5.74, 6) is -0.153. The number of rotatable bonds is 7. The second-order valence-electron chi connectivity index (χ2n) is 4.42. The molecule has 0 atom stereocenters. The third-order valence-electron chi connectivity index (χ3n) is 3.06. The number of fused-ring (bicyclic) bond motifs is 1. The van der Waals surface area contributed by atoms with Crippen LogP contribution in [0.2, 0.25) is 0 Å². The first-order chi connectivity index (χ1) is 9.76. The van der Waals surface area contributed by atoms with Crippen molar-refractivity contribution in [2.75, 3.05) is 32.8 Å². The van der Waals surface area contributed by atoms with Gasteiger partial charge >= 0.3 is 0 Å². The number of aliphatic hydroxyl groups excluding tert-OH is 2. The molecule has 0 radical (unpaired) electrons. The number of benzene rings is 1. The Labute approximate surface area is 116 Å². The summed E-state index contributed by atoms with van der Waals surface area (Å²) in [6.07, 6.45) is 0.257. The predicted octanol–water partition coefficient (Wildman–Crippen LogP) is -0.252. The molecule has 0 amide bonds. The number of aliphatic hydroxyl groups is 2. The minimum atomic E-state index is -0.153. The van der Waals surface area contributed by atoms with Gasteiger partial charge in [-0.15, -0.1) is 5.10 Å². The van der Waals surface area contributed by atoms with Crippen LogP contribution in [0.4, 0.5) is 0 Å². The van der Waals surface area contributed by atoms with Crippen LogP contribution in [0.25, 0.3) is 11.0 Å². The topological polar surface area (TPSA) is 91.5 Å². The second-order valence-corrected chi connectivity index (χ2v) is 4.42. The highest BCUT2D eigenvalue weighted by molar-refractivity contribution is 5.88. The Bertz CT molecular complexity index is 563. The van der Waals surface area contributed by atoms with E-state index >= 15 is 0 Å². The molecule has 0 spiro atoms. The van der Waals surface area contributed by atoms with Gasteiger partial charge in [0.1, 0.15) is 5.52 Å². The van der Waals surface area contributed by atoms with Gasteiger partial charge in [0.25, 0.3) is 0 Å². The molecule has 108 valence electrons. The van der Waals surface area contributed by atoms with Gasteiger partial charge in [0.05, 0.1) is 18.7 Å². The number of hydrogen-bond acceptors (Lipinski definition) is 6. The molecule has 20 heavy (non-hydrogen) atoms. The maximum absolute atomic E-state index is 12.1. The van der Waals surface area contributed by atoms with Crippen LogP contribution in [-0.2, 0) is 0 Å². The normalized spacial score (nSPS) is 11.3. The van der Waals surface area contributed by atoms with Crippen molar-refractivity contribution in [3.63, 3.8) is 0 Å². The maximum atomic E-state index is 12.1. The molecule has 1 aromatic carbocycles. The third kappa shape index (κ3) is 3.38. The molecule has 2 N–H and O–H groups in total. The van der Waals surface area contributed by atoms with Crippen LogP contribution in [0.5, 0.6) is 0 Å². The molecular formula is C13H18N4O3. The Morgan fingerprint density at radius 1 is 1.15 bits per heavy atom. The zero-order valence-corrected chi connectivity index (χ0v) is 11.1. The van der Waals surface area contributed by atoms with Crippen LogP contribution >= 0.6 is 0 Å². The maximum Gasteiger partial charge on any atom is 0.250 e. The lowest BCUT2D eigenvalue weighted by Crippen LogP contribution is -2.32.